The molecule has 1 aromatic rings. The smallest absolute Gasteiger partial charge is 0.305 e. The van der Waals surface area contributed by atoms with Crippen LogP contribution in [0.5, 0.6) is 0 Å². The first kappa shape index (κ1) is 14.9. The van der Waals surface area contributed by atoms with Gasteiger partial charge in [-0.3, -0.25) is 4.79 Å². The van der Waals surface area contributed by atoms with Crippen LogP contribution in [0.2, 0.25) is 0 Å². The molecule has 0 aromatic heterocycles. The Kier molecular flexibility index (Phi) is 5.45. The topological polar surface area (TPSA) is 40.5 Å². The normalized spacial score (nSPS) is 16.1. The monoisotopic (exact) mass is 275 g/mol. The van der Waals surface area contributed by atoms with Crippen LogP contribution in [0.25, 0.3) is 0 Å². The van der Waals surface area contributed by atoms with Gasteiger partial charge in [-0.2, -0.15) is 0 Å². The molecule has 3 nitrogen and oxygen atoms in total. The van der Waals surface area contributed by atoms with E-state index < -0.39 is 5.97 Å². The number of nitrogens with zero attached hydrogens (tertiary/aromatic N) is 1. The Balaban J connectivity index is 2.02. The first-order valence-electron chi connectivity index (χ1n) is 7.68. The molecule has 1 fully saturated rings. The summed E-state index contributed by atoms with van der Waals surface area (Å²) in [5.41, 5.74) is 2.40. The Labute approximate surface area is 121 Å². The van der Waals surface area contributed by atoms with Crippen molar-refractivity contribution in [3.63, 3.8) is 0 Å². The molecule has 2 rings (SSSR count). The highest BCUT2D eigenvalue weighted by molar-refractivity contribution is 5.67. The number of aliphatic carboxylic acids is 1. The number of benzene rings is 1. The summed E-state index contributed by atoms with van der Waals surface area (Å²) < 4.78 is 0. The van der Waals surface area contributed by atoms with Gasteiger partial charge in [-0.1, -0.05) is 37.0 Å². The van der Waals surface area contributed by atoms with Crippen LogP contribution in [-0.2, 0) is 4.79 Å². The maximum absolute atomic E-state index is 10.9. The number of carboxylic acid groups (broad SMARTS) is 1. The third kappa shape index (κ3) is 4.55. The van der Waals surface area contributed by atoms with Gasteiger partial charge in [0.2, 0.25) is 0 Å². The van der Waals surface area contributed by atoms with Crippen LogP contribution in [0, 0.1) is 12.8 Å². The quantitative estimate of drug-likeness (QED) is 0.857. The van der Waals surface area contributed by atoms with Crippen molar-refractivity contribution in [1.29, 1.82) is 0 Å². The molecule has 1 N–H and O–H groups in total. The van der Waals surface area contributed by atoms with Gasteiger partial charge in [-0.25, -0.2) is 0 Å². The van der Waals surface area contributed by atoms with Gasteiger partial charge in [0, 0.05) is 18.8 Å². The predicted molar refractivity (Wildman–Crippen MR) is 82.2 cm³/mol. The number of carbonyl (C=O) groups is 1. The maximum atomic E-state index is 10.9. The van der Waals surface area contributed by atoms with E-state index in [0.717, 1.165) is 18.2 Å². The summed E-state index contributed by atoms with van der Waals surface area (Å²) >= 11 is 0. The lowest BCUT2D eigenvalue weighted by molar-refractivity contribution is -0.136. The summed E-state index contributed by atoms with van der Waals surface area (Å²) in [6.45, 7) is 3.68. The summed E-state index contributed by atoms with van der Waals surface area (Å²) in [4.78, 5) is 13.1. The van der Waals surface area contributed by atoms with E-state index in [9.17, 15) is 4.79 Å². The average Bonchev–Trinajstić information content (AvgIpc) is 2.45. The molecule has 0 heterocycles. The molecule has 0 radical (unpaired) electrons. The fraction of sp³-hybridized carbons (Fsp3) is 0.588. The number of anilines is 1. The van der Waals surface area contributed by atoms with E-state index in [1.54, 1.807) is 0 Å². The lowest BCUT2D eigenvalue weighted by atomic mass is 9.89. The third-order valence-corrected chi connectivity index (χ3v) is 4.20. The van der Waals surface area contributed by atoms with Gasteiger partial charge in [-0.05, 0) is 37.8 Å². The van der Waals surface area contributed by atoms with E-state index in [1.165, 1.54) is 37.7 Å². The molecule has 1 aromatic carbocycles. The van der Waals surface area contributed by atoms with Crippen LogP contribution < -0.4 is 4.90 Å². The van der Waals surface area contributed by atoms with Crippen molar-refractivity contribution < 1.29 is 9.90 Å². The van der Waals surface area contributed by atoms with Gasteiger partial charge in [0.05, 0.1) is 6.42 Å². The summed E-state index contributed by atoms with van der Waals surface area (Å²) in [5.74, 6) is 0.00426. The summed E-state index contributed by atoms with van der Waals surface area (Å²) in [7, 11) is 0. The van der Waals surface area contributed by atoms with Gasteiger partial charge in [0.25, 0.3) is 0 Å². The van der Waals surface area contributed by atoms with Crippen LogP contribution in [-0.4, -0.2) is 24.2 Å². The van der Waals surface area contributed by atoms with E-state index in [4.69, 9.17) is 5.11 Å². The standard InChI is InChI=1S/C17H25NO2/c1-14-7-9-16(10-8-14)18(12-11-17(19)20)13-15-5-3-2-4-6-15/h7-10,15H,2-6,11-13H2,1H3,(H,19,20). The number of hydrogen-bond donors (Lipinski definition) is 1. The van der Waals surface area contributed by atoms with E-state index in [0.29, 0.717) is 6.54 Å². The number of carboxylic acids is 1. The molecular weight excluding hydrogens is 250 g/mol. The molecule has 1 aliphatic rings. The molecule has 0 aliphatic heterocycles. The Bertz CT molecular complexity index is 421. The average molecular weight is 275 g/mol. The van der Waals surface area contributed by atoms with Gasteiger partial charge in [0.1, 0.15) is 0 Å². The van der Waals surface area contributed by atoms with Crippen molar-refractivity contribution in [2.24, 2.45) is 5.92 Å². The first-order chi connectivity index (χ1) is 9.65. The first-order valence-corrected chi connectivity index (χ1v) is 7.68. The SMILES string of the molecule is Cc1ccc(N(CCC(=O)O)CC2CCCCC2)cc1. The Morgan fingerprint density at radius 3 is 2.45 bits per heavy atom. The number of aryl methyl sites for hydroxylation is 1. The molecule has 1 aliphatic carbocycles. The van der Waals surface area contributed by atoms with Crippen LogP contribution >= 0.6 is 0 Å². The summed E-state index contributed by atoms with van der Waals surface area (Å²) in [6, 6.07) is 8.42. The highest BCUT2D eigenvalue weighted by Crippen LogP contribution is 2.26. The minimum absolute atomic E-state index is 0.209. The van der Waals surface area contributed by atoms with E-state index in [1.807, 2.05) is 0 Å². The van der Waals surface area contributed by atoms with Crippen molar-refractivity contribution >= 4 is 11.7 Å². The molecule has 20 heavy (non-hydrogen) atoms. The molecule has 0 spiro atoms. The van der Waals surface area contributed by atoms with Crippen LogP contribution in [0.15, 0.2) is 24.3 Å². The maximum Gasteiger partial charge on any atom is 0.305 e. The van der Waals surface area contributed by atoms with Crippen molar-refractivity contribution in [2.45, 2.75) is 45.4 Å². The highest BCUT2D eigenvalue weighted by Gasteiger charge is 2.18. The zero-order valence-electron chi connectivity index (χ0n) is 12.3. The Hall–Kier alpha value is -1.51. The second kappa shape index (κ2) is 7.32. The van der Waals surface area contributed by atoms with E-state index in [2.05, 4.69) is 36.1 Å². The lowest BCUT2D eigenvalue weighted by Gasteiger charge is -2.31. The number of hydrogen-bond acceptors (Lipinski definition) is 2. The fourth-order valence-corrected chi connectivity index (χ4v) is 2.99. The van der Waals surface area contributed by atoms with Gasteiger partial charge in [-0.15, -0.1) is 0 Å². The second-order valence-electron chi connectivity index (χ2n) is 5.93. The summed E-state index contributed by atoms with van der Waals surface area (Å²) in [6.07, 6.45) is 6.79. The molecule has 110 valence electrons. The second-order valence-corrected chi connectivity index (χ2v) is 5.93. The molecule has 0 bridgehead atoms. The summed E-state index contributed by atoms with van der Waals surface area (Å²) in [5, 5.41) is 8.93. The number of rotatable bonds is 6. The Morgan fingerprint density at radius 2 is 1.85 bits per heavy atom. The van der Waals surface area contributed by atoms with Crippen molar-refractivity contribution in [3.05, 3.63) is 29.8 Å². The minimum atomic E-state index is -0.717. The van der Waals surface area contributed by atoms with Gasteiger partial charge in [0.15, 0.2) is 0 Å². The zero-order chi connectivity index (χ0) is 14.4. The van der Waals surface area contributed by atoms with E-state index in [-0.39, 0.29) is 6.42 Å². The van der Waals surface area contributed by atoms with Gasteiger partial charge < -0.3 is 10.0 Å². The minimum Gasteiger partial charge on any atom is -0.481 e. The molecule has 0 saturated heterocycles. The van der Waals surface area contributed by atoms with Gasteiger partial charge >= 0.3 is 5.97 Å². The molecule has 0 unspecified atom stereocenters. The lowest BCUT2D eigenvalue weighted by Crippen LogP contribution is -2.32. The third-order valence-electron chi connectivity index (χ3n) is 4.20. The highest BCUT2D eigenvalue weighted by atomic mass is 16.4. The molecular formula is C17H25NO2. The predicted octanol–water partition coefficient (Wildman–Crippen LogP) is 3.86. The van der Waals surface area contributed by atoms with Crippen molar-refractivity contribution in [3.8, 4) is 0 Å². The largest absolute Gasteiger partial charge is 0.481 e. The molecule has 0 atom stereocenters. The van der Waals surface area contributed by atoms with Crippen LogP contribution in [0.3, 0.4) is 0 Å². The van der Waals surface area contributed by atoms with E-state index >= 15 is 0 Å². The molecule has 0 amide bonds. The van der Waals surface area contributed by atoms with Crippen LogP contribution in [0.1, 0.15) is 44.1 Å². The molecule has 3 heteroatoms. The Morgan fingerprint density at radius 1 is 1.20 bits per heavy atom. The fourth-order valence-electron chi connectivity index (χ4n) is 2.99. The molecule has 1 saturated carbocycles. The van der Waals surface area contributed by atoms with Crippen molar-refractivity contribution in [2.75, 3.05) is 18.0 Å². The van der Waals surface area contributed by atoms with Crippen LogP contribution in [0.4, 0.5) is 5.69 Å². The zero-order valence-corrected chi connectivity index (χ0v) is 12.3. The van der Waals surface area contributed by atoms with Crippen molar-refractivity contribution in [1.82, 2.24) is 0 Å².